The molecule has 2 N–H and O–H groups in total. The first-order valence-corrected chi connectivity index (χ1v) is 7.49. The number of nitrogens with zero attached hydrogens (tertiary/aromatic N) is 3. The van der Waals surface area contributed by atoms with Crippen molar-refractivity contribution in [3.8, 4) is 0 Å². The van der Waals surface area contributed by atoms with Crippen molar-refractivity contribution in [1.29, 1.82) is 0 Å². The molecule has 0 atom stereocenters. The lowest BCUT2D eigenvalue weighted by molar-refractivity contribution is 0.214. The fourth-order valence-electron chi connectivity index (χ4n) is 2.94. The summed E-state index contributed by atoms with van der Waals surface area (Å²) in [5.41, 5.74) is 6.05. The van der Waals surface area contributed by atoms with Crippen LogP contribution in [0, 0.1) is 5.92 Å². The van der Waals surface area contributed by atoms with Gasteiger partial charge in [0.25, 0.3) is 0 Å². The highest BCUT2D eigenvalue weighted by Gasteiger charge is 2.16. The lowest BCUT2D eigenvalue weighted by atomic mass is 9.94. The summed E-state index contributed by atoms with van der Waals surface area (Å²) in [5, 5.41) is 0. The molecule has 4 heteroatoms. The largest absolute Gasteiger partial charge is 0.370 e. The van der Waals surface area contributed by atoms with Crippen LogP contribution in [0.25, 0.3) is 0 Å². The highest BCUT2D eigenvalue weighted by atomic mass is 15.2. The van der Waals surface area contributed by atoms with Crippen LogP contribution in [0.1, 0.15) is 38.5 Å². The third-order valence-corrected chi connectivity index (χ3v) is 4.33. The van der Waals surface area contributed by atoms with Crippen molar-refractivity contribution in [2.45, 2.75) is 38.5 Å². The average molecular weight is 252 g/mol. The van der Waals surface area contributed by atoms with Crippen molar-refractivity contribution in [3.63, 3.8) is 0 Å². The van der Waals surface area contributed by atoms with E-state index in [0.717, 1.165) is 31.5 Å². The fraction of sp³-hybridized carbons (Fsp3) is 0.929. The van der Waals surface area contributed by atoms with E-state index in [9.17, 15) is 0 Å². The van der Waals surface area contributed by atoms with Crippen molar-refractivity contribution in [1.82, 2.24) is 9.80 Å². The number of nitrogens with two attached hydrogens (primary N) is 1. The van der Waals surface area contributed by atoms with Crippen LogP contribution >= 0.6 is 0 Å². The van der Waals surface area contributed by atoms with Gasteiger partial charge < -0.3 is 15.5 Å². The Kier molecular flexibility index (Phi) is 5.29. The quantitative estimate of drug-likeness (QED) is 0.612. The molecule has 18 heavy (non-hydrogen) atoms. The summed E-state index contributed by atoms with van der Waals surface area (Å²) in [6.07, 6.45) is 7.75. The van der Waals surface area contributed by atoms with Gasteiger partial charge in [0, 0.05) is 19.6 Å². The van der Waals surface area contributed by atoms with E-state index >= 15 is 0 Å². The monoisotopic (exact) mass is 252 g/mol. The van der Waals surface area contributed by atoms with Gasteiger partial charge in [-0.05, 0) is 64.6 Å². The Hall–Kier alpha value is -0.770. The number of likely N-dealkylation sites (tertiary alicyclic amines) is 2. The average Bonchev–Trinajstić information content (AvgIpc) is 2.42. The second-order valence-electron chi connectivity index (χ2n) is 5.82. The minimum atomic E-state index is 0.780. The molecular formula is C14H28N4. The number of piperidine rings is 2. The van der Waals surface area contributed by atoms with Gasteiger partial charge in [-0.2, -0.15) is 0 Å². The van der Waals surface area contributed by atoms with Crippen LogP contribution in [0.15, 0.2) is 4.99 Å². The summed E-state index contributed by atoms with van der Waals surface area (Å²) in [4.78, 5) is 9.23. The van der Waals surface area contributed by atoms with Gasteiger partial charge in [0.15, 0.2) is 5.96 Å². The first kappa shape index (κ1) is 13.7. The second-order valence-corrected chi connectivity index (χ2v) is 5.82. The zero-order valence-corrected chi connectivity index (χ0v) is 11.8. The van der Waals surface area contributed by atoms with Crippen LogP contribution in [0.3, 0.4) is 0 Å². The molecule has 0 aromatic carbocycles. The smallest absolute Gasteiger partial charge is 0.191 e. The van der Waals surface area contributed by atoms with Gasteiger partial charge in [-0.3, -0.25) is 4.99 Å². The van der Waals surface area contributed by atoms with Gasteiger partial charge in [-0.1, -0.05) is 0 Å². The van der Waals surface area contributed by atoms with E-state index in [2.05, 4.69) is 21.8 Å². The minimum absolute atomic E-state index is 0.780. The molecule has 2 aliphatic rings. The Morgan fingerprint density at radius 1 is 1.11 bits per heavy atom. The molecule has 0 spiro atoms. The Balaban J connectivity index is 1.66. The summed E-state index contributed by atoms with van der Waals surface area (Å²) in [6.45, 7) is 5.61. The fourth-order valence-corrected chi connectivity index (χ4v) is 2.94. The summed E-state index contributed by atoms with van der Waals surface area (Å²) in [6, 6.07) is 0. The van der Waals surface area contributed by atoms with E-state index in [4.69, 9.17) is 5.73 Å². The summed E-state index contributed by atoms with van der Waals surface area (Å²) in [7, 11) is 2.21. The molecule has 2 heterocycles. The molecule has 0 aromatic rings. The van der Waals surface area contributed by atoms with Crippen LogP contribution in [-0.4, -0.2) is 55.5 Å². The Labute approximate surface area is 111 Å². The number of guanidine groups is 1. The molecule has 0 amide bonds. The summed E-state index contributed by atoms with van der Waals surface area (Å²) in [5.74, 6) is 1.64. The van der Waals surface area contributed by atoms with E-state index in [-0.39, 0.29) is 0 Å². The molecule has 4 nitrogen and oxygen atoms in total. The third kappa shape index (κ3) is 4.16. The molecule has 0 aliphatic carbocycles. The molecule has 2 aliphatic heterocycles. The van der Waals surface area contributed by atoms with Crippen molar-refractivity contribution >= 4 is 5.96 Å². The molecule has 2 fully saturated rings. The second kappa shape index (κ2) is 6.98. The van der Waals surface area contributed by atoms with Crippen molar-refractivity contribution < 1.29 is 0 Å². The normalized spacial score (nSPS) is 24.5. The standard InChI is InChI=1S/C14H28N4/c1-17-11-6-13(7-12-17)5-8-16-14(15)18-9-3-2-4-10-18/h13H,2-12H2,1H3,(H2,15,16). The number of rotatable bonds is 3. The molecular weight excluding hydrogens is 224 g/mol. The zero-order chi connectivity index (χ0) is 12.8. The maximum Gasteiger partial charge on any atom is 0.191 e. The van der Waals surface area contributed by atoms with Crippen molar-refractivity contribution in [2.24, 2.45) is 16.6 Å². The highest BCUT2D eigenvalue weighted by molar-refractivity contribution is 5.78. The van der Waals surface area contributed by atoms with Gasteiger partial charge in [0.2, 0.25) is 0 Å². The van der Waals surface area contributed by atoms with E-state index in [0.29, 0.717) is 0 Å². The van der Waals surface area contributed by atoms with Crippen LogP contribution in [-0.2, 0) is 0 Å². The number of aliphatic imine (C=N–C) groups is 1. The predicted octanol–water partition coefficient (Wildman–Crippen LogP) is 1.52. The number of hydrogen-bond donors (Lipinski definition) is 1. The van der Waals surface area contributed by atoms with Crippen LogP contribution in [0.4, 0.5) is 0 Å². The molecule has 0 aromatic heterocycles. The first-order valence-electron chi connectivity index (χ1n) is 7.49. The van der Waals surface area contributed by atoms with E-state index in [1.807, 2.05) is 0 Å². The molecule has 0 saturated carbocycles. The first-order chi connectivity index (χ1) is 8.75. The molecule has 2 rings (SSSR count). The Morgan fingerprint density at radius 3 is 2.44 bits per heavy atom. The zero-order valence-electron chi connectivity index (χ0n) is 11.8. The molecule has 104 valence electrons. The van der Waals surface area contributed by atoms with Gasteiger partial charge in [0.1, 0.15) is 0 Å². The molecule has 0 bridgehead atoms. The van der Waals surface area contributed by atoms with Crippen LogP contribution < -0.4 is 5.73 Å². The predicted molar refractivity (Wildman–Crippen MR) is 76.8 cm³/mol. The summed E-state index contributed by atoms with van der Waals surface area (Å²) < 4.78 is 0. The van der Waals surface area contributed by atoms with Crippen LogP contribution in [0.5, 0.6) is 0 Å². The van der Waals surface area contributed by atoms with Crippen LogP contribution in [0.2, 0.25) is 0 Å². The maximum atomic E-state index is 6.05. The van der Waals surface area contributed by atoms with Gasteiger partial charge in [-0.25, -0.2) is 0 Å². The van der Waals surface area contributed by atoms with E-state index in [1.165, 1.54) is 51.6 Å². The van der Waals surface area contributed by atoms with Gasteiger partial charge in [0.05, 0.1) is 0 Å². The number of hydrogen-bond acceptors (Lipinski definition) is 2. The van der Waals surface area contributed by atoms with E-state index in [1.54, 1.807) is 0 Å². The molecule has 0 unspecified atom stereocenters. The summed E-state index contributed by atoms with van der Waals surface area (Å²) >= 11 is 0. The van der Waals surface area contributed by atoms with Crippen molar-refractivity contribution in [2.75, 3.05) is 39.8 Å². The van der Waals surface area contributed by atoms with Gasteiger partial charge >= 0.3 is 0 Å². The molecule has 2 saturated heterocycles. The lowest BCUT2D eigenvalue weighted by Gasteiger charge is -2.29. The van der Waals surface area contributed by atoms with E-state index < -0.39 is 0 Å². The maximum absolute atomic E-state index is 6.05. The third-order valence-electron chi connectivity index (χ3n) is 4.33. The highest BCUT2D eigenvalue weighted by Crippen LogP contribution is 2.19. The van der Waals surface area contributed by atoms with Gasteiger partial charge in [-0.15, -0.1) is 0 Å². The van der Waals surface area contributed by atoms with Crippen molar-refractivity contribution in [3.05, 3.63) is 0 Å². The molecule has 0 radical (unpaired) electrons. The SMILES string of the molecule is CN1CCC(CCN=C(N)N2CCCCC2)CC1. The minimum Gasteiger partial charge on any atom is -0.370 e. The topological polar surface area (TPSA) is 44.9 Å². The Bertz CT molecular complexity index is 263. The Morgan fingerprint density at radius 2 is 1.78 bits per heavy atom. The lowest BCUT2D eigenvalue weighted by Crippen LogP contribution is -2.41.